The Bertz CT molecular complexity index is 2070. The zero-order valence-corrected chi connectivity index (χ0v) is 38.3. The summed E-state index contributed by atoms with van der Waals surface area (Å²) < 4.78 is 62.3. The van der Waals surface area contributed by atoms with Gasteiger partial charge in [-0.25, -0.2) is 28.6 Å². The summed E-state index contributed by atoms with van der Waals surface area (Å²) in [6, 6.07) is 0. The first kappa shape index (κ1) is 54.1. The third-order valence-corrected chi connectivity index (χ3v) is 12.9. The molecule has 28 heteroatoms. The molecule has 24 nitrogen and oxygen atoms in total. The lowest BCUT2D eigenvalue weighted by molar-refractivity contribution is -0.137. The second-order valence-corrected chi connectivity index (χ2v) is 20.0. The number of hydrogen-bond donors (Lipinski definition) is 9. The fraction of sp³-hybridized carbons (Fsp3) is 0.600. The molecule has 2 aromatic rings. The van der Waals surface area contributed by atoms with Gasteiger partial charge in [-0.2, -0.15) is 4.31 Å². The average molecular weight is 972 g/mol. The number of imidazole rings is 1. The van der Waals surface area contributed by atoms with E-state index in [0.717, 1.165) is 61.1 Å². The average Bonchev–Trinajstić information content (AvgIpc) is 3.76. The van der Waals surface area contributed by atoms with E-state index >= 15 is 0 Å². The van der Waals surface area contributed by atoms with Crippen LogP contribution in [0.2, 0.25) is 0 Å². The second kappa shape index (κ2) is 25.5. The maximum Gasteiger partial charge on any atom is 0.481 e. The van der Waals surface area contributed by atoms with Gasteiger partial charge in [-0.15, -0.1) is 0 Å². The number of hydrogen-bond acceptors (Lipinski definition) is 18. The Labute approximate surface area is 367 Å². The molecule has 7 unspecified atom stereocenters. The first-order valence-corrected chi connectivity index (χ1v) is 25.1. The SMILES string of the molecule is CCC/C=C/C=C/C=C/CCCCC(=O)SCCNC(=O)CCNC(=O)C(O)C(C)(C)COP(=O)(O)OP(=O)(O)OCC1OC(n2cnc3c(N)ncnc32)C(O)C1OP(=O)(O)O. The van der Waals surface area contributed by atoms with E-state index < -0.39 is 84.6 Å². The molecular weight excluding hydrogens is 915 g/mol. The van der Waals surface area contributed by atoms with Gasteiger partial charge in [0.25, 0.3) is 0 Å². The Morgan fingerprint density at radius 2 is 1.65 bits per heavy atom. The topological polar surface area (TPSA) is 364 Å². The number of thioether (sulfide) groups is 1. The van der Waals surface area contributed by atoms with Crippen LogP contribution in [0.25, 0.3) is 11.2 Å². The Kier molecular flexibility index (Phi) is 21.9. The highest BCUT2D eigenvalue weighted by Gasteiger charge is 2.50. The third-order valence-electron chi connectivity index (χ3n) is 8.83. The van der Waals surface area contributed by atoms with Crippen molar-refractivity contribution in [1.29, 1.82) is 0 Å². The van der Waals surface area contributed by atoms with Crippen molar-refractivity contribution >= 4 is 69.1 Å². The lowest BCUT2D eigenvalue weighted by Gasteiger charge is -2.30. The number of anilines is 1. The molecule has 3 rings (SSSR count). The number of aromatic nitrogens is 4. The number of nitrogens with zero attached hydrogens (tertiary/aromatic N) is 4. The fourth-order valence-corrected chi connectivity index (χ4v) is 9.09. The number of carbonyl (C=O) groups is 3. The summed E-state index contributed by atoms with van der Waals surface area (Å²) in [7, 11) is -16.4. The minimum atomic E-state index is -5.58. The monoisotopic (exact) mass is 971 g/mol. The highest BCUT2D eigenvalue weighted by Crippen LogP contribution is 2.61. The minimum absolute atomic E-state index is 0.0196. The Hall–Kier alpha value is -3.22. The van der Waals surface area contributed by atoms with Gasteiger partial charge < -0.3 is 50.9 Å². The maximum absolute atomic E-state index is 12.7. The normalized spacial score (nSPS) is 21.0. The molecule has 0 bridgehead atoms. The number of ether oxygens (including phenoxy) is 1. The molecule has 0 spiro atoms. The van der Waals surface area contributed by atoms with Crippen molar-refractivity contribution in [3.05, 3.63) is 49.1 Å². The van der Waals surface area contributed by atoms with Gasteiger partial charge in [0.15, 0.2) is 22.8 Å². The van der Waals surface area contributed by atoms with Crippen LogP contribution in [0.5, 0.6) is 0 Å². The smallest absolute Gasteiger partial charge is 0.386 e. The number of fused-ring (bicyclic) bond motifs is 1. The molecular formula is C35H56N7O17P3S. The molecule has 0 aromatic carbocycles. The number of nitrogens with two attached hydrogens (primary N) is 1. The van der Waals surface area contributed by atoms with E-state index in [2.05, 4.69) is 53.5 Å². The third kappa shape index (κ3) is 19.0. The molecule has 0 aliphatic carbocycles. The Morgan fingerprint density at radius 3 is 2.33 bits per heavy atom. The molecule has 1 fully saturated rings. The van der Waals surface area contributed by atoms with Crippen molar-refractivity contribution in [1.82, 2.24) is 30.2 Å². The van der Waals surface area contributed by atoms with Gasteiger partial charge in [0.05, 0.1) is 19.5 Å². The van der Waals surface area contributed by atoms with Gasteiger partial charge in [-0.05, 0) is 25.7 Å². The van der Waals surface area contributed by atoms with Crippen LogP contribution in [0.1, 0.15) is 71.9 Å². The quantitative estimate of drug-likeness (QED) is 0.0336. The van der Waals surface area contributed by atoms with Crippen molar-refractivity contribution < 1.29 is 80.5 Å². The number of aliphatic hydroxyl groups excluding tert-OH is 2. The van der Waals surface area contributed by atoms with Crippen LogP contribution in [-0.2, 0) is 50.7 Å². The zero-order valence-electron chi connectivity index (χ0n) is 34.8. The van der Waals surface area contributed by atoms with E-state index in [-0.39, 0.29) is 41.6 Å². The molecule has 1 saturated heterocycles. The summed E-state index contributed by atoms with van der Waals surface area (Å²) in [6.45, 7) is 2.64. The predicted octanol–water partition coefficient (Wildman–Crippen LogP) is 2.69. The van der Waals surface area contributed by atoms with Crippen molar-refractivity contribution in [3.63, 3.8) is 0 Å². The number of nitrogens with one attached hydrogen (secondary N) is 2. The van der Waals surface area contributed by atoms with E-state index in [1.165, 1.54) is 13.8 Å². The minimum Gasteiger partial charge on any atom is -0.386 e. The van der Waals surface area contributed by atoms with Crippen LogP contribution in [0.15, 0.2) is 49.1 Å². The highest BCUT2D eigenvalue weighted by molar-refractivity contribution is 8.13. The van der Waals surface area contributed by atoms with E-state index in [0.29, 0.717) is 12.2 Å². The zero-order chi connectivity index (χ0) is 46.8. The first-order chi connectivity index (χ1) is 29.6. The van der Waals surface area contributed by atoms with E-state index in [1.807, 2.05) is 24.3 Å². The van der Waals surface area contributed by atoms with Crippen LogP contribution in [0.3, 0.4) is 0 Å². The molecule has 7 atom stereocenters. The Morgan fingerprint density at radius 1 is 0.968 bits per heavy atom. The number of rotatable bonds is 28. The van der Waals surface area contributed by atoms with Crippen LogP contribution < -0.4 is 16.4 Å². The summed E-state index contributed by atoms with van der Waals surface area (Å²) in [5, 5.41) is 26.5. The van der Waals surface area contributed by atoms with Crippen molar-refractivity contribution in [2.45, 2.75) is 96.4 Å². The molecule has 10 N–H and O–H groups in total. The largest absolute Gasteiger partial charge is 0.481 e. The van der Waals surface area contributed by atoms with Crippen LogP contribution in [0, 0.1) is 5.41 Å². The number of amides is 2. The molecule has 354 valence electrons. The molecule has 63 heavy (non-hydrogen) atoms. The lowest BCUT2D eigenvalue weighted by atomic mass is 9.87. The van der Waals surface area contributed by atoms with E-state index in [9.17, 15) is 57.9 Å². The highest BCUT2D eigenvalue weighted by atomic mass is 32.2. The van der Waals surface area contributed by atoms with Crippen LogP contribution >= 0.6 is 35.2 Å². The summed E-state index contributed by atoms with van der Waals surface area (Å²) >= 11 is 1.11. The van der Waals surface area contributed by atoms with E-state index in [1.54, 1.807) is 0 Å². The summed E-state index contributed by atoms with van der Waals surface area (Å²) in [4.78, 5) is 88.1. The number of phosphoric acid groups is 3. The standard InChI is InChI=1S/C35H56N7O17P3S/c1-4-5-6-7-8-9-10-11-12-13-14-15-26(44)63-19-18-37-25(43)16-17-38-33(47)30(46)35(2,3)21-56-62(53,54)59-61(51,52)55-20-24-29(58-60(48,49)50)28(45)34(57-24)42-23-41-27-31(36)39-22-40-32(27)42/h6-11,22-24,28-30,34,45-46H,4-5,12-21H2,1-3H3,(H,37,43)(H,38,47)(H,51,52)(H,53,54)(H2,36,39,40)(H2,48,49,50)/b7-6+,9-8+,11-10+. The molecule has 2 aromatic heterocycles. The molecule has 0 radical (unpaired) electrons. The van der Waals surface area contributed by atoms with Gasteiger partial charge >= 0.3 is 23.5 Å². The molecule has 0 saturated carbocycles. The summed E-state index contributed by atoms with van der Waals surface area (Å²) in [6.07, 6.45) is 10.2. The molecule has 2 amide bonds. The predicted molar refractivity (Wildman–Crippen MR) is 228 cm³/mol. The number of nitrogen functional groups attached to an aromatic ring is 1. The number of allylic oxidation sites excluding steroid dienone is 6. The number of phosphoric ester groups is 3. The lowest BCUT2D eigenvalue weighted by Crippen LogP contribution is -2.46. The van der Waals surface area contributed by atoms with E-state index in [4.69, 9.17) is 19.5 Å². The maximum atomic E-state index is 12.7. The number of unbranched alkanes of at least 4 members (excludes halogenated alkanes) is 3. The van der Waals surface area contributed by atoms with Crippen molar-refractivity contribution in [3.8, 4) is 0 Å². The van der Waals surface area contributed by atoms with Gasteiger partial charge in [0.1, 0.15) is 36.3 Å². The summed E-state index contributed by atoms with van der Waals surface area (Å²) in [5.74, 6) is -1.08. The van der Waals surface area contributed by atoms with Gasteiger partial charge in [0.2, 0.25) is 11.8 Å². The number of aliphatic hydroxyl groups is 2. The molecule has 1 aliphatic rings. The van der Waals surface area contributed by atoms with Crippen LogP contribution in [0.4, 0.5) is 5.82 Å². The number of carbonyl (C=O) groups excluding carboxylic acids is 3. The first-order valence-electron chi connectivity index (χ1n) is 19.6. The van der Waals surface area contributed by atoms with Gasteiger partial charge in [0, 0.05) is 37.1 Å². The van der Waals surface area contributed by atoms with Gasteiger partial charge in [-0.1, -0.05) is 75.4 Å². The summed E-state index contributed by atoms with van der Waals surface area (Å²) in [5.41, 5.74) is 4.27. The molecule has 3 heterocycles. The Balaban J connectivity index is 1.37. The van der Waals surface area contributed by atoms with Crippen molar-refractivity contribution in [2.75, 3.05) is 37.8 Å². The van der Waals surface area contributed by atoms with Crippen molar-refractivity contribution in [2.24, 2.45) is 5.41 Å². The van der Waals surface area contributed by atoms with Gasteiger partial charge in [-0.3, -0.25) is 32.5 Å². The molecule has 1 aliphatic heterocycles. The van der Waals surface area contributed by atoms with Crippen LogP contribution in [-0.4, -0.2) is 123 Å². The second-order valence-electron chi connectivity index (χ2n) is 14.6. The fourth-order valence-electron chi connectivity index (χ4n) is 5.54.